The zero-order valence-electron chi connectivity index (χ0n) is 57.1. The molecule has 0 bridgehead atoms. The van der Waals surface area contributed by atoms with E-state index in [9.17, 15) is 0 Å². The van der Waals surface area contributed by atoms with Crippen molar-refractivity contribution in [2.24, 2.45) is 0 Å². The number of hydrogen-bond donors (Lipinski definition) is 0. The number of ether oxygens (including phenoxy) is 3. The van der Waals surface area contributed by atoms with Crippen LogP contribution in [-0.4, -0.2) is 0 Å². The number of para-hydroxylation sites is 3. The summed E-state index contributed by atoms with van der Waals surface area (Å²) in [6.07, 6.45) is 0. The van der Waals surface area contributed by atoms with Gasteiger partial charge in [-0.3, -0.25) is 0 Å². The molecule has 2 aliphatic rings. The number of aryl methyl sites for hydroxylation is 2. The predicted molar refractivity (Wildman–Crippen MR) is 214 cm³/mol. The van der Waals surface area contributed by atoms with Gasteiger partial charge in [-0.1, -0.05) is 105 Å². The number of hydrogen-bond acceptors (Lipinski definition) is 3. The monoisotopic (exact) mass is 715 g/mol. The van der Waals surface area contributed by atoms with E-state index in [2.05, 4.69) is 0 Å². The summed E-state index contributed by atoms with van der Waals surface area (Å²) in [7, 11) is 0. The van der Waals surface area contributed by atoms with Crippen LogP contribution in [0.15, 0.2) is 109 Å². The van der Waals surface area contributed by atoms with Crippen molar-refractivity contribution >= 4 is 0 Å². The Kier molecular flexibility index (Phi) is 3.18. The van der Waals surface area contributed by atoms with E-state index in [1.54, 1.807) is 0 Å². The average Bonchev–Trinajstić information content (AvgIpc) is 3.37. The van der Waals surface area contributed by atoms with Crippen LogP contribution in [0.2, 0.25) is 0 Å². The normalized spacial score (nSPS) is 27.0. The molecule has 2 heterocycles. The highest BCUT2D eigenvalue weighted by atomic mass is 16.5. The Balaban J connectivity index is 1.56. The highest BCUT2D eigenvalue weighted by Gasteiger charge is 2.38. The zero-order chi connectivity index (χ0) is 61.7. The fourth-order valence-electron chi connectivity index (χ4n) is 6.83. The smallest absolute Gasteiger partial charge is 0.139 e. The Morgan fingerprint density at radius 1 is 0.462 bits per heavy atom. The Labute approximate surface area is 351 Å². The molecule has 0 atom stereocenters. The number of fused-ring (bicyclic) bond motifs is 4. The third-order valence-corrected chi connectivity index (χ3v) is 9.33. The van der Waals surface area contributed by atoms with E-state index < -0.39 is 175 Å². The van der Waals surface area contributed by atoms with Crippen LogP contribution in [-0.2, 0) is 16.6 Å². The van der Waals surface area contributed by atoms with Crippen LogP contribution in [0.3, 0.4) is 0 Å². The molecule has 6 aromatic carbocycles. The molecule has 262 valence electrons. The molecule has 0 amide bonds. The van der Waals surface area contributed by atoms with Gasteiger partial charge in [0.15, 0.2) is 0 Å². The maximum absolute atomic E-state index is 9.13. The molecular weight excluding hydrogens is 637 g/mol. The lowest BCUT2D eigenvalue weighted by molar-refractivity contribution is 0.0522. The maximum Gasteiger partial charge on any atom is 0.139 e. The topological polar surface area (TPSA) is 27.7 Å². The third kappa shape index (κ3) is 5.24. The SMILES string of the molecule is [2H]C([2H])([2H])c1ccc(-c2ccc(C([2H])([2H])[2H])c(-c3cccc4c3Oc3ccccc3C4(C([2H])([2H])[2H])C([2H])([2H])[2H])c2C([2H])([2H])[2H])c(C([2H])([2H])[2H])c1-c1ccc2c(c1)OC(C([2H])([2H])[2H])(C([2H])([2H])[2H])c1ccccc1OC2(C([2H])([2H])[2H])C([2H])([2H])[2H]. The largest absolute Gasteiger partial charge is 0.483 e. The molecule has 52 heavy (non-hydrogen) atoms. The fraction of sp³-hybridized carbons (Fsp3) is 0.265. The van der Waals surface area contributed by atoms with Gasteiger partial charge in [0.05, 0.1) is 0 Å². The summed E-state index contributed by atoms with van der Waals surface area (Å²) < 4.78 is 283. The van der Waals surface area contributed by atoms with Crippen molar-refractivity contribution in [1.82, 2.24) is 0 Å². The van der Waals surface area contributed by atoms with Crippen molar-refractivity contribution in [2.75, 3.05) is 0 Å². The zero-order valence-corrected chi connectivity index (χ0v) is 27.1. The third-order valence-electron chi connectivity index (χ3n) is 9.33. The highest BCUT2D eigenvalue weighted by molar-refractivity contribution is 5.88. The van der Waals surface area contributed by atoms with Gasteiger partial charge in [0.1, 0.15) is 34.2 Å². The molecule has 0 saturated heterocycles. The standard InChI is InChI=1S/C49H48O3/c1-29-22-25-34(31(3)44(29)33-24-27-39-43(28-33)52-48(7,8)38-18-12-14-21-42(38)51-49(39,9)10)35-26-23-30(2)45(32(35)4)36-16-15-19-40-46(36)50-41-20-13-11-17-37(41)47(40,5)6/h11-28H,1-10H3/i1D3,2D3,3D3,4D3,5D3,6D3,7D3,8D3,9D3,10D3. The van der Waals surface area contributed by atoms with Crippen LogP contribution in [0.25, 0.3) is 33.4 Å². The predicted octanol–water partition coefficient (Wildman–Crippen LogP) is 13.3. The number of rotatable bonds is 3. The first kappa shape index (κ1) is 13.9. The van der Waals surface area contributed by atoms with Gasteiger partial charge in [-0.05, 0) is 123 Å². The van der Waals surface area contributed by atoms with Gasteiger partial charge in [-0.25, -0.2) is 0 Å². The average molecular weight is 715 g/mol. The summed E-state index contributed by atoms with van der Waals surface area (Å²) in [6, 6.07) is 18.6. The van der Waals surface area contributed by atoms with E-state index in [1.807, 2.05) is 0 Å². The second-order valence-electron chi connectivity index (χ2n) is 12.6. The first-order valence-electron chi connectivity index (χ1n) is 30.9. The van der Waals surface area contributed by atoms with E-state index >= 15 is 0 Å². The van der Waals surface area contributed by atoms with Gasteiger partial charge in [-0.2, -0.15) is 0 Å². The second kappa shape index (κ2) is 11.9. The lowest BCUT2D eigenvalue weighted by atomic mass is 9.74. The van der Waals surface area contributed by atoms with Crippen molar-refractivity contribution in [3.05, 3.63) is 154 Å². The van der Waals surface area contributed by atoms with Gasteiger partial charge in [0, 0.05) is 74.4 Å². The Hall–Kier alpha value is -5.28. The Morgan fingerprint density at radius 3 is 1.77 bits per heavy atom. The van der Waals surface area contributed by atoms with E-state index in [1.165, 1.54) is 30.3 Å². The molecule has 3 heteroatoms. The molecule has 0 N–H and O–H groups in total. The molecule has 3 nitrogen and oxygen atoms in total. The maximum atomic E-state index is 9.13. The van der Waals surface area contributed by atoms with Crippen molar-refractivity contribution in [3.8, 4) is 56.4 Å². The quantitative estimate of drug-likeness (QED) is 0.183. The summed E-state index contributed by atoms with van der Waals surface area (Å²) in [5.74, 6) is -2.92. The molecule has 6 aromatic rings. The molecule has 0 aliphatic carbocycles. The molecule has 2 aliphatic heterocycles. The summed E-state index contributed by atoms with van der Waals surface area (Å²) in [5.41, 5.74) is -20.4. The lowest BCUT2D eigenvalue weighted by Gasteiger charge is -2.38. The van der Waals surface area contributed by atoms with Crippen molar-refractivity contribution in [2.45, 2.75) is 85.1 Å². The van der Waals surface area contributed by atoms with Crippen molar-refractivity contribution < 1.29 is 55.3 Å². The van der Waals surface area contributed by atoms with Gasteiger partial charge in [0.2, 0.25) is 0 Å². The van der Waals surface area contributed by atoms with Gasteiger partial charge >= 0.3 is 0 Å². The summed E-state index contributed by atoms with van der Waals surface area (Å²) in [4.78, 5) is 0. The minimum absolute atomic E-state index is 0.313. The van der Waals surface area contributed by atoms with E-state index in [4.69, 9.17) is 55.3 Å². The van der Waals surface area contributed by atoms with Crippen LogP contribution >= 0.6 is 0 Å². The first-order valence-corrected chi connectivity index (χ1v) is 15.9. The van der Waals surface area contributed by atoms with Crippen LogP contribution in [0.1, 0.15) is 127 Å². The number of benzene rings is 6. The summed E-state index contributed by atoms with van der Waals surface area (Å²) in [5, 5.41) is 0. The molecule has 0 fully saturated rings. The Morgan fingerprint density at radius 2 is 1.08 bits per heavy atom. The summed E-state index contributed by atoms with van der Waals surface area (Å²) in [6.45, 7) is -35.8. The first-order chi connectivity index (χ1) is 37.0. The van der Waals surface area contributed by atoms with Crippen LogP contribution < -0.4 is 14.2 Å². The fourth-order valence-corrected chi connectivity index (χ4v) is 6.83. The van der Waals surface area contributed by atoms with E-state index in [0.29, 0.717) is 12.1 Å². The molecule has 0 aromatic heterocycles. The van der Waals surface area contributed by atoms with Crippen LogP contribution in [0.5, 0.6) is 23.0 Å². The van der Waals surface area contributed by atoms with Gasteiger partial charge < -0.3 is 14.2 Å². The molecule has 8 rings (SSSR count). The molecule has 0 spiro atoms. The van der Waals surface area contributed by atoms with Crippen molar-refractivity contribution in [1.29, 1.82) is 0 Å². The molecule has 0 unspecified atom stereocenters. The van der Waals surface area contributed by atoms with Gasteiger partial charge in [0.25, 0.3) is 0 Å². The molecule has 0 radical (unpaired) electrons. The van der Waals surface area contributed by atoms with Crippen LogP contribution in [0.4, 0.5) is 0 Å². The lowest BCUT2D eigenvalue weighted by Crippen LogP contribution is -2.34. The Bertz CT molecular complexity index is 3440. The summed E-state index contributed by atoms with van der Waals surface area (Å²) >= 11 is 0. The van der Waals surface area contributed by atoms with E-state index in [-0.39, 0.29) is 11.3 Å². The minimum atomic E-state index is -3.80. The highest BCUT2D eigenvalue weighted by Crippen LogP contribution is 2.53. The van der Waals surface area contributed by atoms with Crippen LogP contribution in [0, 0.1) is 27.4 Å². The minimum Gasteiger partial charge on any atom is -0.483 e. The van der Waals surface area contributed by atoms with Crippen molar-refractivity contribution in [3.63, 3.8) is 0 Å². The molecular formula is C49H48O3. The van der Waals surface area contributed by atoms with E-state index in [0.717, 1.165) is 66.7 Å². The molecule has 0 saturated carbocycles. The second-order valence-corrected chi connectivity index (χ2v) is 12.6. The van der Waals surface area contributed by atoms with Gasteiger partial charge in [-0.15, -0.1) is 0 Å².